The summed E-state index contributed by atoms with van der Waals surface area (Å²) < 4.78 is 0. The second-order valence-corrected chi connectivity index (χ2v) is 0.236. The Hall–Kier alpha value is -0.161. The molecule has 0 saturated carbocycles. The monoisotopic (exact) mass is 55.1 g/mol. The predicted molar refractivity (Wildman–Crippen MR) is 20.3 cm³/mol. The molecular weight excluding hydrogens is 49.0 g/mol. The molecule has 0 unspecified atom stereocenters. The van der Waals surface area contributed by atoms with Gasteiger partial charge in [0.1, 0.15) is 6.29 Å². The fourth-order valence-electron chi connectivity index (χ4n) is 0. The summed E-state index contributed by atoms with van der Waals surface area (Å²) in [5, 5.41) is 0. The fraction of sp³-hybridized carbons (Fsp3) is 0.500. The number of carbonyl (C=O) groups excluding carboxylic acids is 1. The number of hydrogen-bond acceptors (Lipinski definition) is 1. The maximum absolute atomic E-state index is 8.81. The Balaban J connectivity index is 0. The van der Waals surface area contributed by atoms with Crippen LogP contribution in [0.3, 0.4) is 0 Å². The van der Waals surface area contributed by atoms with Crippen LogP contribution < -0.4 is 0 Å². The third kappa shape index (κ3) is 49.8. The molecule has 0 aliphatic rings. The van der Waals surface area contributed by atoms with Crippen molar-refractivity contribution in [3.8, 4) is 0 Å². The summed E-state index contributed by atoms with van der Waals surface area (Å²) in [6.07, 6.45) is 0.750. The van der Waals surface area contributed by atoms with Crippen molar-refractivity contribution in [3.05, 3.63) is 0 Å². The molecule has 0 aromatic carbocycles. The van der Waals surface area contributed by atoms with E-state index in [-0.39, 0.29) is 10.1 Å². The Morgan fingerprint density at radius 3 is 1.75 bits per heavy atom. The van der Waals surface area contributed by atoms with E-state index in [0.717, 1.165) is 6.29 Å². The number of hydrogen-bond donors (Lipinski definition) is 0. The van der Waals surface area contributed by atoms with Crippen LogP contribution in [-0.4, -0.2) is 16.4 Å². The van der Waals surface area contributed by atoms with Gasteiger partial charge in [-0.15, -0.1) is 0 Å². The van der Waals surface area contributed by atoms with Gasteiger partial charge in [-0.3, -0.25) is 0 Å². The average Bonchev–Trinajstić information content (AvgIpc) is 0.918. The summed E-state index contributed by atoms with van der Waals surface area (Å²) in [5.41, 5.74) is 0. The summed E-state index contributed by atoms with van der Waals surface area (Å²) in [4.78, 5) is 8.81. The van der Waals surface area contributed by atoms with Crippen molar-refractivity contribution in [2.24, 2.45) is 0 Å². The van der Waals surface area contributed by atoms with Crippen LogP contribution in [0, 0.1) is 0 Å². The van der Waals surface area contributed by atoms with E-state index in [0.29, 0.717) is 0 Å². The predicted octanol–water partition coefficient (Wildman–Crippen LogP) is -0.711. The van der Waals surface area contributed by atoms with Crippen molar-refractivity contribution in [2.45, 2.75) is 6.92 Å². The van der Waals surface area contributed by atoms with Gasteiger partial charge in [0, 0.05) is 0 Å². The third-order valence-corrected chi connectivity index (χ3v) is 0. The minimum atomic E-state index is 0. The van der Waals surface area contributed by atoms with Crippen LogP contribution in [-0.2, 0) is 4.79 Å². The first-order valence-electron chi connectivity index (χ1n) is 0.813. The van der Waals surface area contributed by atoms with Crippen molar-refractivity contribution in [3.63, 3.8) is 0 Å². The van der Waals surface area contributed by atoms with Gasteiger partial charge in [-0.2, -0.15) is 0 Å². The second-order valence-electron chi connectivity index (χ2n) is 0.236. The molecule has 0 atom stereocenters. The fourth-order valence-corrected chi connectivity index (χ4v) is 0. The summed E-state index contributed by atoms with van der Waals surface area (Å²) in [6.45, 7) is 1.44. The molecule has 0 saturated heterocycles. The Morgan fingerprint density at radius 1 is 1.75 bits per heavy atom. The first-order valence-corrected chi connectivity index (χ1v) is 0.813. The molecule has 0 rings (SSSR count). The van der Waals surface area contributed by atoms with E-state index in [1.165, 1.54) is 6.92 Å². The second kappa shape index (κ2) is 13.6. The van der Waals surface area contributed by atoms with Crippen molar-refractivity contribution < 1.29 is 4.79 Å². The average molecular weight is 55.1 g/mol. The van der Waals surface area contributed by atoms with Gasteiger partial charge < -0.3 is 4.79 Å². The van der Waals surface area contributed by atoms with Gasteiger partial charge in [0.25, 0.3) is 0 Å². The number of carbonyl (C=O) groups is 1. The molecule has 0 bridgehead atoms. The van der Waals surface area contributed by atoms with Crippen molar-refractivity contribution >= 4 is 16.4 Å². The van der Waals surface area contributed by atoms with E-state index in [1.807, 2.05) is 0 Å². The first kappa shape index (κ1) is 9.15. The van der Waals surface area contributed by atoms with Gasteiger partial charge >= 0.3 is 10.1 Å². The van der Waals surface area contributed by atoms with E-state index in [1.54, 1.807) is 0 Å². The molecule has 0 aromatic heterocycles. The molecule has 0 amide bonds. The Morgan fingerprint density at radius 2 is 1.75 bits per heavy atom. The standard InChI is InChI=1S/C2H4O.Be.2H/c1-2-3;;;/h2H,1H3;;;. The molecule has 2 heteroatoms. The van der Waals surface area contributed by atoms with Crippen LogP contribution in [0.5, 0.6) is 0 Å². The van der Waals surface area contributed by atoms with Crippen LogP contribution >= 0.6 is 0 Å². The topological polar surface area (TPSA) is 17.1 Å². The maximum atomic E-state index is 8.81. The molecule has 0 N–H and O–H groups in total. The van der Waals surface area contributed by atoms with Crippen molar-refractivity contribution in [1.82, 2.24) is 0 Å². The van der Waals surface area contributed by atoms with Gasteiger partial charge in [-0.1, -0.05) is 0 Å². The molecule has 1 nitrogen and oxygen atoms in total. The Bertz CT molecular complexity index is 13.5. The van der Waals surface area contributed by atoms with Crippen molar-refractivity contribution in [2.75, 3.05) is 0 Å². The molecule has 0 spiro atoms. The van der Waals surface area contributed by atoms with Gasteiger partial charge in [-0.25, -0.2) is 0 Å². The third-order valence-electron chi connectivity index (χ3n) is 0. The van der Waals surface area contributed by atoms with Crippen LogP contribution in [0.25, 0.3) is 0 Å². The minimum absolute atomic E-state index is 0. The van der Waals surface area contributed by atoms with Crippen LogP contribution in [0.1, 0.15) is 6.92 Å². The van der Waals surface area contributed by atoms with E-state index in [4.69, 9.17) is 4.79 Å². The summed E-state index contributed by atoms with van der Waals surface area (Å²) >= 11 is 0. The molecule has 0 radical (unpaired) electrons. The SMILES string of the molecule is CC=O.[BeH2]. The zero-order chi connectivity index (χ0) is 2.71. The van der Waals surface area contributed by atoms with E-state index in [2.05, 4.69) is 0 Å². The molecule has 0 aliphatic carbocycles. The van der Waals surface area contributed by atoms with Gasteiger partial charge in [0.15, 0.2) is 0 Å². The molecule has 0 heterocycles. The molecule has 4 heavy (non-hydrogen) atoms. The molecule has 0 aliphatic heterocycles. The Kier molecular flexibility index (Phi) is 31.2. The Labute approximate surface area is 29.2 Å². The summed E-state index contributed by atoms with van der Waals surface area (Å²) in [6, 6.07) is 0. The zero-order valence-corrected chi connectivity index (χ0v) is 1.99. The quantitative estimate of drug-likeness (QED) is 0.264. The number of rotatable bonds is 0. The van der Waals surface area contributed by atoms with Gasteiger partial charge in [0.05, 0.1) is 0 Å². The van der Waals surface area contributed by atoms with Crippen molar-refractivity contribution in [1.29, 1.82) is 0 Å². The molecule has 22 valence electrons. The van der Waals surface area contributed by atoms with Crippen LogP contribution in [0.15, 0.2) is 0 Å². The van der Waals surface area contributed by atoms with Gasteiger partial charge in [-0.05, 0) is 6.92 Å². The number of aldehydes is 1. The van der Waals surface area contributed by atoms with Crippen LogP contribution in [0.4, 0.5) is 0 Å². The van der Waals surface area contributed by atoms with Crippen LogP contribution in [0.2, 0.25) is 0 Å². The first-order chi connectivity index (χ1) is 1.41. The molecule has 0 aromatic rings. The normalized spacial score (nSPS) is 3.25. The zero-order valence-electron chi connectivity index (χ0n) is 1.99. The van der Waals surface area contributed by atoms with E-state index >= 15 is 0 Å². The summed E-state index contributed by atoms with van der Waals surface area (Å²) in [5.74, 6) is 0. The molecule has 0 fully saturated rings. The molecular formula is C2H6BeO. The van der Waals surface area contributed by atoms with E-state index in [9.17, 15) is 0 Å². The van der Waals surface area contributed by atoms with Gasteiger partial charge in [0.2, 0.25) is 0 Å². The van der Waals surface area contributed by atoms with E-state index < -0.39 is 0 Å². The summed E-state index contributed by atoms with van der Waals surface area (Å²) in [7, 11) is 0.